The fraction of sp³-hybridized carbons (Fsp3) is 0.243. The van der Waals surface area contributed by atoms with Crippen molar-refractivity contribution in [2.24, 2.45) is 0 Å². The van der Waals surface area contributed by atoms with Gasteiger partial charge in [-0.3, -0.25) is 31.9 Å². The molecule has 0 aliphatic carbocycles. The van der Waals surface area contributed by atoms with E-state index in [1.807, 2.05) is 22.6 Å². The van der Waals surface area contributed by atoms with Crippen LogP contribution in [0.4, 0.5) is 146 Å². The number of carbonyl (C=O) groups excluding carboxylic acids is 6. The van der Waals surface area contributed by atoms with Crippen LogP contribution in [0.3, 0.4) is 0 Å². The first kappa shape index (κ1) is 121. The van der Waals surface area contributed by atoms with Crippen molar-refractivity contribution in [3.05, 3.63) is 349 Å². The number of hydrogen-bond donors (Lipinski definition) is 6. The van der Waals surface area contributed by atoms with E-state index in [0.717, 1.165) is 58.7 Å². The Morgan fingerprint density at radius 2 is 0.510 bits per heavy atom. The molecule has 0 heterocycles. The van der Waals surface area contributed by atoms with Gasteiger partial charge in [-0.25, -0.2) is 33.2 Å². The van der Waals surface area contributed by atoms with Gasteiger partial charge in [-0.1, -0.05) is 152 Å². The molecule has 6 amide bonds. The lowest BCUT2D eigenvalue weighted by Gasteiger charge is -2.17. The predicted molar refractivity (Wildman–Crippen MR) is 528 cm³/mol. The molecular formula is C103H94BrClF19IN6O18. The number of carbonyl (C=O) groups is 6. The summed E-state index contributed by atoms with van der Waals surface area (Å²) in [5.74, 6) is -2.53. The number of hydrogen-bond acceptors (Lipinski definition) is 18. The molecule has 798 valence electrons. The number of nitrogens with one attached hydrogen (secondary N) is 6. The van der Waals surface area contributed by atoms with Crippen molar-refractivity contribution >= 4 is 121 Å². The van der Waals surface area contributed by atoms with Crippen LogP contribution >= 0.6 is 50.1 Å². The molecule has 0 saturated heterocycles. The highest BCUT2D eigenvalue weighted by Gasteiger charge is 2.40. The number of amides is 6. The number of methoxy groups -OCH3 is 6. The average molecular weight is 2310 g/mol. The molecule has 0 saturated carbocycles. The number of halogens is 22. The minimum Gasteiger partial charge on any atom is -0.488 e. The van der Waals surface area contributed by atoms with Gasteiger partial charge in [0.15, 0.2) is 0 Å². The number of rotatable bonds is 24. The smallest absolute Gasteiger partial charge is 0.419 e. The highest BCUT2D eigenvalue weighted by atomic mass is 127. The van der Waals surface area contributed by atoms with Gasteiger partial charge in [0.05, 0.1) is 110 Å². The van der Waals surface area contributed by atoms with Crippen LogP contribution in [0.2, 0.25) is 5.02 Å². The van der Waals surface area contributed by atoms with Crippen LogP contribution in [-0.2, 0) is 105 Å². The van der Waals surface area contributed by atoms with E-state index in [4.69, 9.17) is 40.0 Å². The number of benzene rings is 12. The fourth-order valence-electron chi connectivity index (χ4n) is 12.9. The molecule has 12 rings (SSSR count). The van der Waals surface area contributed by atoms with Crippen molar-refractivity contribution in [3.8, 4) is 34.5 Å². The first-order valence-electron chi connectivity index (χ1n) is 43.1. The molecule has 149 heavy (non-hydrogen) atoms. The fourth-order valence-corrected chi connectivity index (χ4v) is 14.3. The van der Waals surface area contributed by atoms with Crippen LogP contribution in [0.1, 0.15) is 106 Å². The first-order valence-corrected chi connectivity index (χ1v) is 45.4. The van der Waals surface area contributed by atoms with Crippen molar-refractivity contribution in [2.75, 3.05) is 74.6 Å². The highest BCUT2D eigenvalue weighted by Crippen LogP contribution is 2.45. The topological polar surface area (TPSA) is 285 Å². The standard InChI is InChI=1S/C18H18F3NO3.C17H15BrF3NO3.C17H15ClF3NO3.C17H15F4NO3.C17H15F3INO3.C17H16F3NO3/c1-11-7-8-16(14(9-11)18(19,20)21)25-10-13-12(2)5-4-6-15(13)22-17(23)24-3;3*1-10-6-7-15(12(8-10)17(19,20)21)25-9-11-13(18)4-3-5-14(11)22-16(23)24-2;1-10-6-7-15(12(8-10)17(18,19)20)25-9-11-13(21)4-3-5-14(11)22-16(23)24-2;1-11-7-8-15(13(9-11)17(18,19)20)24-10-12-5-3-4-6-14(12)21-16(22)23-2/h4-9H,10H2,1-3H3,(H,22,23);4*3-8H,9H2,1-2H3,(H,22,23);3-9H,10H2,1-2H3,(H,21,22). The summed E-state index contributed by atoms with van der Waals surface area (Å²) in [7, 11) is 7.21. The summed E-state index contributed by atoms with van der Waals surface area (Å²) in [6.45, 7) is 9.85. The Labute approximate surface area is 868 Å². The summed E-state index contributed by atoms with van der Waals surface area (Å²) in [5.41, 5.74) is 2.78. The molecule has 6 N–H and O–H groups in total. The second-order valence-corrected chi connectivity index (χ2v) is 33.7. The van der Waals surface area contributed by atoms with Crippen molar-refractivity contribution in [1.29, 1.82) is 0 Å². The minimum atomic E-state index is -4.61. The molecule has 0 fully saturated rings. The van der Waals surface area contributed by atoms with Gasteiger partial charge in [-0.2, -0.15) is 79.0 Å². The molecule has 0 bridgehead atoms. The number of ether oxygens (including phenoxy) is 12. The Hall–Kier alpha value is -14.8. The van der Waals surface area contributed by atoms with Crippen LogP contribution in [0.25, 0.3) is 0 Å². The third-order valence-electron chi connectivity index (χ3n) is 20.3. The van der Waals surface area contributed by atoms with Gasteiger partial charge in [-0.05, 0) is 210 Å². The minimum absolute atomic E-state index is 0.0486. The summed E-state index contributed by atoms with van der Waals surface area (Å²) in [6.07, 6.45) is -31.5. The number of aryl methyl sites for hydroxylation is 7. The second kappa shape index (κ2) is 55.3. The lowest BCUT2D eigenvalue weighted by Crippen LogP contribution is -2.15. The quantitative estimate of drug-likeness (QED) is 0.0186. The molecule has 24 nitrogen and oxygen atoms in total. The maximum atomic E-state index is 14.0. The zero-order valence-electron chi connectivity index (χ0n) is 80.8. The van der Waals surface area contributed by atoms with Crippen molar-refractivity contribution in [3.63, 3.8) is 0 Å². The Morgan fingerprint density at radius 1 is 0.275 bits per heavy atom. The largest absolute Gasteiger partial charge is 0.488 e. The van der Waals surface area contributed by atoms with Crippen LogP contribution in [-0.4, -0.2) is 79.2 Å². The molecule has 0 aromatic heterocycles. The van der Waals surface area contributed by atoms with Crippen LogP contribution in [0, 0.1) is 57.9 Å². The van der Waals surface area contributed by atoms with E-state index < -0.39 is 125 Å². The average Bonchev–Trinajstić information content (AvgIpc) is 0.810. The Balaban J connectivity index is 0.000000242. The maximum Gasteiger partial charge on any atom is 0.419 e. The summed E-state index contributed by atoms with van der Waals surface area (Å²) < 4.78 is 311. The molecule has 12 aromatic rings. The van der Waals surface area contributed by atoms with Gasteiger partial charge in [0.2, 0.25) is 0 Å². The molecular weight excluding hydrogens is 2210 g/mol. The van der Waals surface area contributed by atoms with Crippen LogP contribution < -0.4 is 60.3 Å². The van der Waals surface area contributed by atoms with Crippen molar-refractivity contribution in [1.82, 2.24) is 0 Å². The number of alkyl halides is 18. The van der Waals surface area contributed by atoms with E-state index in [1.165, 1.54) is 109 Å². The van der Waals surface area contributed by atoms with Gasteiger partial charge in [0.1, 0.15) is 80.0 Å². The zero-order chi connectivity index (χ0) is 111. The lowest BCUT2D eigenvalue weighted by atomic mass is 10.1. The molecule has 46 heteroatoms. The molecule has 12 aromatic carbocycles. The van der Waals surface area contributed by atoms with E-state index in [2.05, 4.69) is 76.3 Å². The Morgan fingerprint density at radius 3 is 0.839 bits per heavy atom. The third-order valence-corrected chi connectivity index (χ3v) is 22.4. The molecule has 0 unspecified atom stereocenters. The van der Waals surface area contributed by atoms with Gasteiger partial charge in [-0.15, -0.1) is 0 Å². The molecule has 0 aliphatic heterocycles. The lowest BCUT2D eigenvalue weighted by molar-refractivity contribution is -0.139. The molecule has 0 radical (unpaired) electrons. The maximum absolute atomic E-state index is 14.0. The van der Waals surface area contributed by atoms with Crippen molar-refractivity contribution in [2.45, 2.75) is 125 Å². The van der Waals surface area contributed by atoms with E-state index in [9.17, 15) is 112 Å². The van der Waals surface area contributed by atoms with Crippen LogP contribution in [0.5, 0.6) is 34.5 Å². The monoisotopic (exact) mass is 2300 g/mol. The second-order valence-electron chi connectivity index (χ2n) is 31.2. The van der Waals surface area contributed by atoms with E-state index in [1.54, 1.807) is 157 Å². The van der Waals surface area contributed by atoms with Crippen molar-refractivity contribution < 1.29 is 169 Å². The zero-order valence-corrected chi connectivity index (χ0v) is 85.3. The number of anilines is 6. The van der Waals surface area contributed by atoms with Gasteiger partial charge >= 0.3 is 73.6 Å². The first-order chi connectivity index (χ1) is 69.9. The highest BCUT2D eigenvalue weighted by molar-refractivity contribution is 14.1. The summed E-state index contributed by atoms with van der Waals surface area (Å²) in [6, 6.07) is 53.2. The van der Waals surface area contributed by atoms with Crippen LogP contribution in [0.15, 0.2) is 229 Å². The van der Waals surface area contributed by atoms with E-state index in [0.29, 0.717) is 94.1 Å². The van der Waals surface area contributed by atoms with Gasteiger partial charge in [0, 0.05) is 46.4 Å². The summed E-state index contributed by atoms with van der Waals surface area (Å²) in [5, 5.41) is 15.0. The van der Waals surface area contributed by atoms with E-state index in [-0.39, 0.29) is 78.1 Å². The Bertz CT molecular complexity index is 5880. The SMILES string of the molecule is COC(=O)Nc1cccc(Br)c1COc1ccc(C)cc1C(F)(F)F.COC(=O)Nc1cccc(C)c1COc1ccc(C)cc1C(F)(F)F.COC(=O)Nc1cccc(Cl)c1COc1ccc(C)cc1C(F)(F)F.COC(=O)Nc1cccc(F)c1COc1ccc(C)cc1C(F)(F)F.COC(=O)Nc1cccc(I)c1COc1ccc(C)cc1C(F)(F)F.COC(=O)Nc1ccccc1COc1ccc(C)cc1C(F)(F)F. The van der Waals surface area contributed by atoms with E-state index >= 15 is 0 Å². The van der Waals surface area contributed by atoms with Gasteiger partial charge in [0.25, 0.3) is 0 Å². The Kier molecular flexibility index (Phi) is 45.0. The molecule has 0 spiro atoms. The summed E-state index contributed by atoms with van der Waals surface area (Å²) in [4.78, 5) is 68.2. The predicted octanol–water partition coefficient (Wildman–Crippen LogP) is 31.1. The third kappa shape index (κ3) is 37.8. The normalized spacial score (nSPS) is 11.1. The molecule has 0 aliphatic rings. The number of para-hydroxylation sites is 1. The van der Waals surface area contributed by atoms with Gasteiger partial charge < -0.3 is 56.8 Å². The summed E-state index contributed by atoms with van der Waals surface area (Å²) >= 11 is 11.4. The molecule has 0 atom stereocenters.